The molecule has 0 bridgehead atoms. The molecule has 6 aromatic heterocycles. The summed E-state index contributed by atoms with van der Waals surface area (Å²) in [5.74, 6) is 1.33. The van der Waals surface area contributed by atoms with Gasteiger partial charge in [0, 0.05) is 117 Å². The summed E-state index contributed by atoms with van der Waals surface area (Å²) in [7, 11) is 0. The molecule has 0 saturated carbocycles. The number of para-hydroxylation sites is 4. The van der Waals surface area contributed by atoms with Crippen LogP contribution in [0, 0.1) is 0 Å². The quantitative estimate of drug-likeness (QED) is 0.136. The lowest BCUT2D eigenvalue weighted by molar-refractivity contribution is 0.660. The van der Waals surface area contributed by atoms with Crippen molar-refractivity contribution in [1.29, 1.82) is 0 Å². The van der Waals surface area contributed by atoms with Gasteiger partial charge in [0.25, 0.3) is 0 Å². The molecule has 22 aromatic rings. The molecule has 0 atom stereocenters. The van der Waals surface area contributed by atoms with Crippen molar-refractivity contribution >= 4 is 107 Å². The number of aromatic nitrogens is 8. The molecule has 24 rings (SSSR count). The molecule has 556 valence electrons. The van der Waals surface area contributed by atoms with E-state index in [1.807, 2.05) is 48.5 Å². The monoisotopic (exact) mass is 1550 g/mol. The van der Waals surface area contributed by atoms with Crippen LogP contribution in [0.3, 0.4) is 0 Å². The van der Waals surface area contributed by atoms with Gasteiger partial charge in [0.15, 0.2) is 34.9 Å². The molecule has 2 aliphatic carbocycles. The van der Waals surface area contributed by atoms with Crippen molar-refractivity contribution in [3.05, 3.63) is 386 Å². The van der Waals surface area contributed by atoms with E-state index in [0.717, 1.165) is 162 Å². The number of rotatable bonds is 10. The maximum atomic E-state index is 9.05. The van der Waals surface area contributed by atoms with Crippen molar-refractivity contribution < 1.29 is 13.7 Å². The van der Waals surface area contributed by atoms with Crippen LogP contribution in [-0.4, -0.2) is 39.0 Å². The van der Waals surface area contributed by atoms with Crippen LogP contribution in [-0.2, 0) is 10.8 Å². The highest BCUT2D eigenvalue weighted by molar-refractivity contribution is 7.26. The molecule has 118 heavy (non-hydrogen) atoms. The van der Waals surface area contributed by atoms with Crippen LogP contribution in [0.5, 0.6) is 0 Å². The Morgan fingerprint density at radius 3 is 1.04 bits per heavy atom. The fourth-order valence-corrected chi connectivity index (χ4v) is 20.7. The molecule has 10 heteroatoms. The van der Waals surface area contributed by atoms with Crippen LogP contribution in [0.15, 0.2) is 364 Å². The number of fused-ring (bicyclic) bond motifs is 18. The van der Waals surface area contributed by atoms with Crippen molar-refractivity contribution in [3.8, 4) is 124 Å². The fourth-order valence-electron chi connectivity index (χ4n) is 18.2. The standard InChI is InChI=1S/2C54H36N4S/c1-54(2)45-22-12-9-19-38(45)39-27-26-36(29-46(39)54)52-55-51(34-17-7-4-8-18-34)56-53(57-52)44-32-37(58-47-23-13-10-20-40(47)41-21-11-14-24-48(41)58)31-43-42-28-25-35(30-49(42)59-50(43)44)33-15-5-3-6-16-33;1-54(2)45-22-12-9-19-38(45)42-29-36(26-28-46(42)54)52-55-51(34-17-7-4-8-18-34)56-53(57-52)44-32-37(58-47-23-13-10-20-39(47)40-21-11-14-24-48(40)58)31-43-41-27-25-35(30-49(41)59-50(43)44)33-15-5-3-6-16-33/h2*3-32H,1-2H3/i2*4D,7D,8D,17D,18D. The van der Waals surface area contributed by atoms with E-state index in [0.29, 0.717) is 23.3 Å². The van der Waals surface area contributed by atoms with Gasteiger partial charge < -0.3 is 9.13 Å². The van der Waals surface area contributed by atoms with E-state index in [1.54, 1.807) is 22.7 Å². The van der Waals surface area contributed by atoms with Crippen LogP contribution in [0.1, 0.15) is 63.7 Å². The smallest absolute Gasteiger partial charge is 0.165 e. The van der Waals surface area contributed by atoms with Gasteiger partial charge in [0.05, 0.1) is 35.8 Å². The Labute approximate surface area is 703 Å². The molecule has 16 aromatic carbocycles. The first-order chi connectivity index (χ1) is 62.1. The largest absolute Gasteiger partial charge is 0.309 e. The van der Waals surface area contributed by atoms with E-state index in [4.69, 9.17) is 43.6 Å². The molecule has 0 unspecified atom stereocenters. The molecular weight excluding hydrogens is 1470 g/mol. The third-order valence-corrected chi connectivity index (χ3v) is 26.3. The highest BCUT2D eigenvalue weighted by Crippen LogP contribution is 2.53. The zero-order valence-electron chi connectivity index (χ0n) is 74.3. The summed E-state index contributed by atoms with van der Waals surface area (Å²) in [5.41, 5.74) is 22.1. The normalized spacial score (nSPS) is 14.2. The molecule has 2 aliphatic rings. The second-order valence-corrected chi connectivity index (χ2v) is 33.4. The maximum absolute atomic E-state index is 9.05. The van der Waals surface area contributed by atoms with E-state index >= 15 is 0 Å². The maximum Gasteiger partial charge on any atom is 0.165 e. The highest BCUT2D eigenvalue weighted by atomic mass is 32.1. The van der Waals surface area contributed by atoms with Crippen molar-refractivity contribution in [2.45, 2.75) is 38.5 Å². The number of benzene rings is 16. The Morgan fingerprint density at radius 2 is 0.585 bits per heavy atom. The lowest BCUT2D eigenvalue weighted by Gasteiger charge is -2.21. The van der Waals surface area contributed by atoms with Crippen molar-refractivity contribution in [3.63, 3.8) is 0 Å². The second kappa shape index (κ2) is 27.1. The van der Waals surface area contributed by atoms with Crippen LogP contribution >= 0.6 is 22.7 Å². The van der Waals surface area contributed by atoms with Crippen LogP contribution < -0.4 is 0 Å². The van der Waals surface area contributed by atoms with Gasteiger partial charge in [-0.3, -0.25) is 0 Å². The van der Waals surface area contributed by atoms with Crippen molar-refractivity contribution in [1.82, 2.24) is 39.0 Å². The number of hydrogen-bond acceptors (Lipinski definition) is 8. The third-order valence-electron chi connectivity index (χ3n) is 23.9. The second-order valence-electron chi connectivity index (χ2n) is 31.3. The van der Waals surface area contributed by atoms with Gasteiger partial charge in [0.1, 0.15) is 0 Å². The molecular formula is C108H72N8S2. The molecule has 8 nitrogen and oxygen atoms in total. The minimum Gasteiger partial charge on any atom is -0.309 e. The minimum absolute atomic E-state index is 0.00104. The van der Waals surface area contributed by atoms with Gasteiger partial charge in [-0.25, -0.2) is 29.9 Å². The van der Waals surface area contributed by atoms with E-state index in [-0.39, 0.29) is 57.8 Å². The summed E-state index contributed by atoms with van der Waals surface area (Å²) in [6.07, 6.45) is 0. The lowest BCUT2D eigenvalue weighted by atomic mass is 9.82. The number of thiophene rings is 2. The first-order valence-corrected chi connectivity index (χ1v) is 41.0. The minimum atomic E-state index is -0.478. The SMILES string of the molecule is [2H]c1c([2H])c([2H])c(-c2nc(-c3ccc4c(c3)-c3ccccc3C4(C)C)nc(-c3cc(-n4c5ccccc5c5ccccc54)cc4c3sc3cc(-c5ccccc5)ccc34)n2)c([2H])c1[2H].[2H]c1c([2H])c([2H])c(-c2nc(-c3ccc4c(c3)C(C)(C)c3ccccc3-4)nc(-c3cc(-n4c5ccccc5c5ccccc54)cc4c3sc3cc(-c5ccccc5)ccc34)n2)c([2H])c1[2H]. The topological polar surface area (TPSA) is 87.2 Å². The third kappa shape index (κ3) is 11.2. The lowest BCUT2D eigenvalue weighted by Crippen LogP contribution is -2.15. The predicted molar refractivity (Wildman–Crippen MR) is 493 cm³/mol. The highest BCUT2D eigenvalue weighted by Gasteiger charge is 2.38. The summed E-state index contributed by atoms with van der Waals surface area (Å²) in [4.78, 5) is 30.8. The summed E-state index contributed by atoms with van der Waals surface area (Å²) in [5, 5.41) is 8.76. The first-order valence-electron chi connectivity index (χ1n) is 44.4. The molecule has 0 radical (unpaired) electrons. The zero-order chi connectivity index (χ0) is 87.2. The average molecular weight is 1560 g/mol. The summed E-state index contributed by atoms with van der Waals surface area (Å²) < 4.78 is 96.1. The van der Waals surface area contributed by atoms with Crippen LogP contribution in [0.2, 0.25) is 0 Å². The number of hydrogen-bond donors (Lipinski definition) is 0. The van der Waals surface area contributed by atoms with E-state index in [2.05, 4.69) is 292 Å². The molecule has 0 fully saturated rings. The van der Waals surface area contributed by atoms with Crippen molar-refractivity contribution in [2.75, 3.05) is 0 Å². The summed E-state index contributed by atoms with van der Waals surface area (Å²) in [6, 6.07) is 101. The Balaban J connectivity index is 0.000000146. The molecule has 0 spiro atoms. The van der Waals surface area contributed by atoms with E-state index < -0.39 is 36.3 Å². The van der Waals surface area contributed by atoms with Gasteiger partial charge in [-0.15, -0.1) is 22.7 Å². The van der Waals surface area contributed by atoms with E-state index in [9.17, 15) is 0 Å². The van der Waals surface area contributed by atoms with Gasteiger partial charge in [-0.05, 0) is 140 Å². The molecule has 0 saturated heterocycles. The van der Waals surface area contributed by atoms with Gasteiger partial charge in [-0.1, -0.05) is 319 Å². The van der Waals surface area contributed by atoms with Crippen LogP contribution in [0.25, 0.3) is 208 Å². The molecule has 0 amide bonds. The van der Waals surface area contributed by atoms with Gasteiger partial charge in [0.2, 0.25) is 0 Å². The number of nitrogens with zero attached hydrogens (tertiary/aromatic N) is 8. The Bertz CT molecular complexity index is 8390. The Morgan fingerprint density at radius 1 is 0.237 bits per heavy atom. The average Bonchev–Trinajstić information content (AvgIpc) is 1.56. The van der Waals surface area contributed by atoms with E-state index in [1.165, 1.54) is 22.3 Å². The molecule has 0 N–H and O–H groups in total. The zero-order valence-corrected chi connectivity index (χ0v) is 65.9. The fraction of sp³-hybridized carbons (Fsp3) is 0.0556. The predicted octanol–water partition coefficient (Wildman–Crippen LogP) is 28.6. The first kappa shape index (κ1) is 59.3. The summed E-state index contributed by atoms with van der Waals surface area (Å²) >= 11 is 3.32. The summed E-state index contributed by atoms with van der Waals surface area (Å²) in [6.45, 7) is 8.91. The Kier molecular flexibility index (Phi) is 13.6. The van der Waals surface area contributed by atoms with Gasteiger partial charge in [-0.2, -0.15) is 0 Å². The Hall–Kier alpha value is -14.4. The molecule has 0 aliphatic heterocycles. The van der Waals surface area contributed by atoms with Gasteiger partial charge >= 0.3 is 0 Å². The van der Waals surface area contributed by atoms with Crippen molar-refractivity contribution in [2.24, 2.45) is 0 Å². The molecule has 6 heterocycles. The van der Waals surface area contributed by atoms with Crippen LogP contribution in [0.4, 0.5) is 0 Å².